The molecule has 108 valence electrons. The van der Waals surface area contributed by atoms with Crippen molar-refractivity contribution in [1.29, 1.82) is 0 Å². The van der Waals surface area contributed by atoms with Crippen LogP contribution in [0.5, 0.6) is 0 Å². The minimum atomic E-state index is 0. The molecule has 0 spiro atoms. The minimum Gasteiger partial charge on any atom is -0.356 e. The second-order valence-electron chi connectivity index (χ2n) is 4.88. The van der Waals surface area contributed by atoms with Crippen LogP contribution in [0.1, 0.15) is 39.5 Å². The van der Waals surface area contributed by atoms with Crippen LogP contribution in [0.4, 0.5) is 0 Å². The molecule has 3 nitrogen and oxygen atoms in total. The molecule has 0 aliphatic rings. The van der Waals surface area contributed by atoms with Gasteiger partial charge in [0.15, 0.2) is 5.96 Å². The predicted molar refractivity (Wildman–Crippen MR) is 92.9 cm³/mol. The first kappa shape index (κ1) is 20.1. The number of hydrogen-bond donors (Lipinski definition) is 1. The molecule has 0 heterocycles. The summed E-state index contributed by atoms with van der Waals surface area (Å²) in [4.78, 5) is 6.49. The van der Waals surface area contributed by atoms with Crippen molar-refractivity contribution in [3.8, 4) is 0 Å². The third-order valence-electron chi connectivity index (χ3n) is 2.64. The Morgan fingerprint density at radius 2 is 2.00 bits per heavy atom. The lowest BCUT2D eigenvalue weighted by Crippen LogP contribution is -2.40. The minimum absolute atomic E-state index is 0. The van der Waals surface area contributed by atoms with Crippen molar-refractivity contribution in [3.63, 3.8) is 0 Å². The van der Waals surface area contributed by atoms with Crippen molar-refractivity contribution in [1.82, 2.24) is 10.2 Å². The molecule has 0 amide bonds. The SMILES string of the molecule is C=CCCCCCN(C)C(=NC)NCC(C)C.I. The van der Waals surface area contributed by atoms with Gasteiger partial charge < -0.3 is 10.2 Å². The summed E-state index contributed by atoms with van der Waals surface area (Å²) in [6, 6.07) is 0. The summed E-state index contributed by atoms with van der Waals surface area (Å²) in [6.45, 7) is 10.2. The van der Waals surface area contributed by atoms with Gasteiger partial charge >= 0.3 is 0 Å². The first-order chi connectivity index (χ1) is 8.11. The van der Waals surface area contributed by atoms with Gasteiger partial charge in [-0.25, -0.2) is 0 Å². The number of nitrogens with one attached hydrogen (secondary N) is 1. The molecule has 0 bridgehead atoms. The molecular weight excluding hydrogens is 337 g/mol. The molecule has 0 aliphatic carbocycles. The largest absolute Gasteiger partial charge is 0.356 e. The molecule has 0 aromatic rings. The maximum Gasteiger partial charge on any atom is 0.193 e. The monoisotopic (exact) mass is 367 g/mol. The van der Waals surface area contributed by atoms with E-state index in [1.807, 2.05) is 13.1 Å². The zero-order valence-electron chi connectivity index (χ0n) is 12.4. The quantitative estimate of drug-likeness (QED) is 0.234. The van der Waals surface area contributed by atoms with Crippen LogP contribution in [0.25, 0.3) is 0 Å². The summed E-state index contributed by atoms with van der Waals surface area (Å²) in [5, 5.41) is 3.38. The smallest absolute Gasteiger partial charge is 0.193 e. The molecule has 0 radical (unpaired) electrons. The first-order valence-corrected chi connectivity index (χ1v) is 6.64. The molecule has 0 saturated carbocycles. The van der Waals surface area contributed by atoms with E-state index in [1.165, 1.54) is 19.3 Å². The van der Waals surface area contributed by atoms with Crippen molar-refractivity contribution in [2.75, 3.05) is 27.2 Å². The van der Waals surface area contributed by atoms with E-state index in [0.29, 0.717) is 5.92 Å². The summed E-state index contributed by atoms with van der Waals surface area (Å²) in [7, 11) is 3.94. The van der Waals surface area contributed by atoms with E-state index < -0.39 is 0 Å². The molecule has 0 rings (SSSR count). The lowest BCUT2D eigenvalue weighted by atomic mass is 10.2. The fourth-order valence-corrected chi connectivity index (χ4v) is 1.60. The third-order valence-corrected chi connectivity index (χ3v) is 2.64. The lowest BCUT2D eigenvalue weighted by Gasteiger charge is -2.22. The van der Waals surface area contributed by atoms with E-state index in [0.717, 1.165) is 25.5 Å². The van der Waals surface area contributed by atoms with Crippen molar-refractivity contribution >= 4 is 29.9 Å². The van der Waals surface area contributed by atoms with E-state index in [4.69, 9.17) is 0 Å². The Labute approximate surface area is 130 Å². The van der Waals surface area contributed by atoms with Gasteiger partial charge in [0.2, 0.25) is 0 Å². The number of unbranched alkanes of at least 4 members (excludes halogenated alkanes) is 3. The molecule has 1 N–H and O–H groups in total. The highest BCUT2D eigenvalue weighted by Gasteiger charge is 2.05. The van der Waals surface area contributed by atoms with Crippen LogP contribution in [0.2, 0.25) is 0 Å². The van der Waals surface area contributed by atoms with Crippen LogP contribution in [0, 0.1) is 5.92 Å². The molecule has 0 unspecified atom stereocenters. The van der Waals surface area contributed by atoms with Crippen molar-refractivity contribution in [2.24, 2.45) is 10.9 Å². The fourth-order valence-electron chi connectivity index (χ4n) is 1.60. The number of allylic oxidation sites excluding steroid dienone is 1. The summed E-state index contributed by atoms with van der Waals surface area (Å²) in [6.07, 6.45) is 6.84. The number of nitrogens with zero attached hydrogens (tertiary/aromatic N) is 2. The van der Waals surface area contributed by atoms with Gasteiger partial charge in [-0.3, -0.25) is 4.99 Å². The summed E-state index contributed by atoms with van der Waals surface area (Å²) >= 11 is 0. The van der Waals surface area contributed by atoms with E-state index in [2.05, 4.69) is 42.7 Å². The lowest BCUT2D eigenvalue weighted by molar-refractivity contribution is 0.449. The Kier molecular flexibility index (Phi) is 14.7. The molecule has 0 atom stereocenters. The highest BCUT2D eigenvalue weighted by molar-refractivity contribution is 14.0. The average Bonchev–Trinajstić information content (AvgIpc) is 2.29. The first-order valence-electron chi connectivity index (χ1n) is 6.64. The van der Waals surface area contributed by atoms with Gasteiger partial charge in [0.05, 0.1) is 0 Å². The molecule has 18 heavy (non-hydrogen) atoms. The topological polar surface area (TPSA) is 27.6 Å². The van der Waals surface area contributed by atoms with E-state index in [1.54, 1.807) is 0 Å². The fraction of sp³-hybridized carbons (Fsp3) is 0.786. The molecule has 0 saturated heterocycles. The predicted octanol–water partition coefficient (Wildman–Crippen LogP) is 3.51. The van der Waals surface area contributed by atoms with Crippen molar-refractivity contribution in [3.05, 3.63) is 12.7 Å². The van der Waals surface area contributed by atoms with Gasteiger partial charge in [-0.15, -0.1) is 30.6 Å². The van der Waals surface area contributed by atoms with Crippen LogP contribution in [-0.2, 0) is 0 Å². The van der Waals surface area contributed by atoms with Gasteiger partial charge in [0.1, 0.15) is 0 Å². The standard InChI is InChI=1S/C14H29N3.HI/c1-6-7-8-9-10-11-17(5)14(15-4)16-12-13(2)3;/h6,13H,1,7-12H2,2-5H3,(H,15,16);1H. The van der Waals surface area contributed by atoms with E-state index in [9.17, 15) is 0 Å². The molecule has 0 aromatic heterocycles. The molecular formula is C14H30IN3. The maximum atomic E-state index is 4.29. The summed E-state index contributed by atoms with van der Waals surface area (Å²) in [5.74, 6) is 1.65. The van der Waals surface area contributed by atoms with Gasteiger partial charge in [0.25, 0.3) is 0 Å². The van der Waals surface area contributed by atoms with E-state index >= 15 is 0 Å². The highest BCUT2D eigenvalue weighted by atomic mass is 127. The number of halogens is 1. The number of guanidine groups is 1. The summed E-state index contributed by atoms with van der Waals surface area (Å²) < 4.78 is 0. The van der Waals surface area contributed by atoms with Gasteiger partial charge in [-0.2, -0.15) is 0 Å². The molecule has 0 aromatic carbocycles. The zero-order valence-corrected chi connectivity index (χ0v) is 14.7. The van der Waals surface area contributed by atoms with Crippen LogP contribution in [-0.4, -0.2) is 38.0 Å². The van der Waals surface area contributed by atoms with Crippen LogP contribution >= 0.6 is 24.0 Å². The number of rotatable bonds is 8. The Hall–Kier alpha value is -0.260. The summed E-state index contributed by atoms with van der Waals surface area (Å²) in [5.41, 5.74) is 0. The molecule has 0 fully saturated rings. The highest BCUT2D eigenvalue weighted by Crippen LogP contribution is 2.01. The Morgan fingerprint density at radius 3 is 2.50 bits per heavy atom. The number of hydrogen-bond acceptors (Lipinski definition) is 1. The average molecular weight is 367 g/mol. The van der Waals surface area contributed by atoms with Crippen LogP contribution in [0.3, 0.4) is 0 Å². The second-order valence-corrected chi connectivity index (χ2v) is 4.88. The van der Waals surface area contributed by atoms with Gasteiger partial charge in [0, 0.05) is 27.2 Å². The maximum absolute atomic E-state index is 4.29. The number of aliphatic imine (C=N–C) groups is 1. The van der Waals surface area contributed by atoms with Crippen LogP contribution < -0.4 is 5.32 Å². The molecule has 0 aliphatic heterocycles. The van der Waals surface area contributed by atoms with Crippen molar-refractivity contribution in [2.45, 2.75) is 39.5 Å². The molecule has 4 heteroatoms. The van der Waals surface area contributed by atoms with Crippen molar-refractivity contribution < 1.29 is 0 Å². The Morgan fingerprint density at radius 1 is 1.33 bits per heavy atom. The normalized spacial score (nSPS) is 11.1. The zero-order chi connectivity index (χ0) is 13.1. The third kappa shape index (κ3) is 10.9. The Bertz CT molecular complexity index is 227. The van der Waals surface area contributed by atoms with Gasteiger partial charge in [-0.1, -0.05) is 26.3 Å². The van der Waals surface area contributed by atoms with E-state index in [-0.39, 0.29) is 24.0 Å². The van der Waals surface area contributed by atoms with Crippen LogP contribution in [0.15, 0.2) is 17.6 Å². The van der Waals surface area contributed by atoms with Gasteiger partial charge in [-0.05, 0) is 25.2 Å². The Balaban J connectivity index is 0. The second kappa shape index (κ2) is 13.2.